The highest BCUT2D eigenvalue weighted by Crippen LogP contribution is 2.34. The van der Waals surface area contributed by atoms with E-state index in [-0.39, 0.29) is 25.0 Å². The molecule has 1 aromatic carbocycles. The van der Waals surface area contributed by atoms with Crippen LogP contribution in [0.15, 0.2) is 30.6 Å². The molecule has 2 amide bonds. The molecule has 9 nitrogen and oxygen atoms in total. The number of carbonyl (C=O) groups excluding carboxylic acids is 2. The largest absolute Gasteiger partial charge is 0.485 e. The third-order valence-corrected chi connectivity index (χ3v) is 7.11. The average Bonchev–Trinajstić information content (AvgIpc) is 3.15. The van der Waals surface area contributed by atoms with Crippen molar-refractivity contribution in [2.24, 2.45) is 0 Å². The van der Waals surface area contributed by atoms with Gasteiger partial charge in [-0.1, -0.05) is 12.1 Å². The highest BCUT2D eigenvalue weighted by molar-refractivity contribution is 7.18. The van der Waals surface area contributed by atoms with Crippen molar-refractivity contribution >= 4 is 33.4 Å². The van der Waals surface area contributed by atoms with E-state index >= 15 is 0 Å². The molecular weight excluding hydrogens is 444 g/mol. The van der Waals surface area contributed by atoms with Gasteiger partial charge in [0.05, 0.1) is 5.39 Å². The number of aryl methyl sites for hydroxylation is 2. The molecule has 0 aliphatic carbocycles. The third kappa shape index (κ3) is 4.18. The van der Waals surface area contributed by atoms with Crippen LogP contribution >= 0.6 is 11.3 Å². The molecule has 0 spiro atoms. The first-order valence-corrected chi connectivity index (χ1v) is 11.6. The van der Waals surface area contributed by atoms with E-state index in [0.717, 1.165) is 20.7 Å². The molecule has 3 aromatic rings. The zero-order valence-electron chi connectivity index (χ0n) is 18.4. The van der Waals surface area contributed by atoms with Crippen molar-refractivity contribution in [3.05, 3.63) is 41.0 Å². The summed E-state index contributed by atoms with van der Waals surface area (Å²) in [6, 6.07) is 7.31. The normalized spacial score (nSPS) is 17.8. The predicted molar refractivity (Wildman–Crippen MR) is 122 cm³/mol. The molecule has 0 radical (unpaired) electrons. The van der Waals surface area contributed by atoms with Crippen molar-refractivity contribution in [3.8, 4) is 17.4 Å². The minimum absolute atomic E-state index is 0.106. The fourth-order valence-corrected chi connectivity index (χ4v) is 4.99. The zero-order chi connectivity index (χ0) is 22.9. The summed E-state index contributed by atoms with van der Waals surface area (Å²) in [5, 5.41) is 0.861. The Morgan fingerprint density at radius 3 is 2.61 bits per heavy atom. The van der Waals surface area contributed by atoms with E-state index < -0.39 is 6.10 Å². The first-order chi connectivity index (χ1) is 16.0. The molecule has 1 fully saturated rings. The minimum Gasteiger partial charge on any atom is -0.485 e. The molecule has 33 heavy (non-hydrogen) atoms. The van der Waals surface area contributed by atoms with Crippen LogP contribution in [0.3, 0.4) is 0 Å². The molecule has 1 atom stereocenters. The number of benzene rings is 1. The lowest BCUT2D eigenvalue weighted by molar-refractivity contribution is -0.146. The lowest BCUT2D eigenvalue weighted by atomic mass is 10.2. The van der Waals surface area contributed by atoms with Crippen LogP contribution in [0.25, 0.3) is 10.2 Å². The SMILES string of the molecule is Cc1sc2ncnc(OCC(=O)N3CCN(C(=O)C4COc5ccccc5O4)CC3)c2c1C. The lowest BCUT2D eigenvalue weighted by Crippen LogP contribution is -2.55. The molecule has 2 aromatic heterocycles. The number of nitrogens with zero attached hydrogens (tertiary/aromatic N) is 4. The zero-order valence-corrected chi connectivity index (χ0v) is 19.3. The Labute approximate surface area is 194 Å². The standard InChI is InChI=1S/C23H24N4O5S/c1-14-15(2)33-22-20(14)21(24-13-25-22)31-12-19(28)26-7-9-27(10-8-26)23(29)18-11-30-16-5-3-4-6-17(16)32-18/h3-6,13,18H,7-12H2,1-2H3. The van der Waals surface area contributed by atoms with E-state index in [4.69, 9.17) is 14.2 Å². The van der Waals surface area contributed by atoms with Crippen molar-refractivity contribution < 1.29 is 23.8 Å². The molecular formula is C23H24N4O5S. The van der Waals surface area contributed by atoms with Crippen LogP contribution in [0.2, 0.25) is 0 Å². The third-order valence-electron chi connectivity index (χ3n) is 5.99. The molecule has 0 saturated carbocycles. The van der Waals surface area contributed by atoms with Gasteiger partial charge in [-0.15, -0.1) is 11.3 Å². The van der Waals surface area contributed by atoms with Crippen LogP contribution in [-0.4, -0.2) is 77.1 Å². The monoisotopic (exact) mass is 468 g/mol. The van der Waals surface area contributed by atoms with Gasteiger partial charge in [0.15, 0.2) is 18.1 Å². The van der Waals surface area contributed by atoms with Gasteiger partial charge >= 0.3 is 0 Å². The summed E-state index contributed by atoms with van der Waals surface area (Å²) in [5.74, 6) is 1.39. The molecule has 172 valence electrons. The van der Waals surface area contributed by atoms with Gasteiger partial charge in [-0.25, -0.2) is 9.97 Å². The van der Waals surface area contributed by atoms with E-state index in [2.05, 4.69) is 9.97 Å². The van der Waals surface area contributed by atoms with Crippen molar-refractivity contribution in [1.82, 2.24) is 19.8 Å². The Hall–Kier alpha value is -3.40. The van der Waals surface area contributed by atoms with Crippen molar-refractivity contribution in [2.45, 2.75) is 20.0 Å². The van der Waals surface area contributed by atoms with E-state index in [1.165, 1.54) is 6.33 Å². The second-order valence-corrected chi connectivity index (χ2v) is 9.20. The molecule has 4 heterocycles. The van der Waals surface area contributed by atoms with Crippen LogP contribution in [0.5, 0.6) is 17.4 Å². The van der Waals surface area contributed by atoms with Gasteiger partial charge in [0.2, 0.25) is 12.0 Å². The van der Waals surface area contributed by atoms with E-state index in [1.54, 1.807) is 27.2 Å². The van der Waals surface area contributed by atoms with Crippen molar-refractivity contribution in [2.75, 3.05) is 39.4 Å². The van der Waals surface area contributed by atoms with Gasteiger partial charge < -0.3 is 24.0 Å². The number of amides is 2. The number of hydrogen-bond donors (Lipinski definition) is 0. The first-order valence-electron chi connectivity index (χ1n) is 10.8. The quantitative estimate of drug-likeness (QED) is 0.579. The smallest absolute Gasteiger partial charge is 0.267 e. The van der Waals surface area contributed by atoms with Gasteiger partial charge in [0, 0.05) is 31.1 Å². The van der Waals surface area contributed by atoms with Crippen molar-refractivity contribution in [3.63, 3.8) is 0 Å². The molecule has 1 saturated heterocycles. The number of carbonyl (C=O) groups is 2. The fraction of sp³-hybridized carbons (Fsp3) is 0.391. The lowest BCUT2D eigenvalue weighted by Gasteiger charge is -2.37. The van der Waals surface area contributed by atoms with Crippen LogP contribution in [-0.2, 0) is 9.59 Å². The number of ether oxygens (including phenoxy) is 3. The summed E-state index contributed by atoms with van der Waals surface area (Å²) >= 11 is 1.58. The Bertz CT molecular complexity index is 1200. The van der Waals surface area contributed by atoms with E-state index in [0.29, 0.717) is 43.6 Å². The summed E-state index contributed by atoms with van der Waals surface area (Å²) < 4.78 is 17.3. The average molecular weight is 469 g/mol. The Balaban J connectivity index is 1.15. The second-order valence-electron chi connectivity index (χ2n) is 8.00. The molecule has 2 aliphatic heterocycles. The fourth-order valence-electron chi connectivity index (χ4n) is 4.00. The summed E-state index contributed by atoms with van der Waals surface area (Å²) in [7, 11) is 0. The highest BCUT2D eigenvalue weighted by Gasteiger charge is 2.33. The summed E-state index contributed by atoms with van der Waals surface area (Å²) in [4.78, 5) is 39.6. The number of fused-ring (bicyclic) bond motifs is 2. The minimum atomic E-state index is -0.678. The van der Waals surface area contributed by atoms with Gasteiger partial charge in [-0.2, -0.15) is 0 Å². The Morgan fingerprint density at radius 2 is 1.82 bits per heavy atom. The number of thiophene rings is 1. The maximum atomic E-state index is 12.9. The van der Waals surface area contributed by atoms with Crippen LogP contribution in [0, 0.1) is 13.8 Å². The number of hydrogen-bond acceptors (Lipinski definition) is 8. The summed E-state index contributed by atoms with van der Waals surface area (Å²) in [5.41, 5.74) is 1.07. The maximum absolute atomic E-state index is 12.9. The molecule has 0 N–H and O–H groups in total. The molecule has 5 rings (SSSR count). The summed E-state index contributed by atoms with van der Waals surface area (Å²) in [6.07, 6.45) is 0.778. The summed E-state index contributed by atoms with van der Waals surface area (Å²) in [6.45, 7) is 5.85. The van der Waals surface area contributed by atoms with Gasteiger partial charge in [0.1, 0.15) is 17.8 Å². The topological polar surface area (TPSA) is 94.1 Å². The first kappa shape index (κ1) is 21.4. The van der Waals surface area contributed by atoms with Crippen molar-refractivity contribution in [1.29, 1.82) is 0 Å². The number of para-hydroxylation sites is 2. The number of aromatic nitrogens is 2. The van der Waals surface area contributed by atoms with Gasteiger partial charge in [-0.05, 0) is 31.5 Å². The second kappa shape index (κ2) is 8.86. The predicted octanol–water partition coefficient (Wildman–Crippen LogP) is 2.20. The molecule has 0 bridgehead atoms. The van der Waals surface area contributed by atoms with Crippen LogP contribution in [0.1, 0.15) is 10.4 Å². The molecule has 2 aliphatic rings. The van der Waals surface area contributed by atoms with Crippen LogP contribution < -0.4 is 14.2 Å². The number of piperazine rings is 1. The van der Waals surface area contributed by atoms with Gasteiger partial charge in [-0.3, -0.25) is 9.59 Å². The van der Waals surface area contributed by atoms with E-state index in [9.17, 15) is 9.59 Å². The molecule has 10 heteroatoms. The highest BCUT2D eigenvalue weighted by atomic mass is 32.1. The Morgan fingerprint density at radius 1 is 1.09 bits per heavy atom. The maximum Gasteiger partial charge on any atom is 0.267 e. The van der Waals surface area contributed by atoms with Gasteiger partial charge in [0.25, 0.3) is 11.8 Å². The van der Waals surface area contributed by atoms with E-state index in [1.807, 2.05) is 32.0 Å². The Kier molecular flexibility index (Phi) is 5.76. The number of rotatable bonds is 4. The molecule has 1 unspecified atom stereocenters. The van der Waals surface area contributed by atoms with Crippen LogP contribution in [0.4, 0.5) is 0 Å².